The molecule has 0 aromatic heterocycles. The maximum absolute atomic E-state index is 12.1. The van der Waals surface area contributed by atoms with Crippen molar-refractivity contribution in [3.63, 3.8) is 0 Å². The van der Waals surface area contributed by atoms with E-state index in [1.807, 2.05) is 13.8 Å². The van der Waals surface area contributed by atoms with Crippen LogP contribution in [0.1, 0.15) is 25.8 Å². The standard InChI is InChI=1S/C13H15ClN2O2/c1-8(2)7-13(11(17)15-12(18)16-13)9-3-5-10(14)6-4-9/h3-6,8H,7H2,1-2H3,(H2,15,16,17,18). The number of benzene rings is 1. The number of nitrogens with one attached hydrogen (secondary N) is 2. The van der Waals surface area contributed by atoms with Crippen molar-refractivity contribution in [2.24, 2.45) is 5.92 Å². The predicted molar refractivity (Wildman–Crippen MR) is 69.3 cm³/mol. The van der Waals surface area contributed by atoms with Crippen LogP contribution in [0.15, 0.2) is 24.3 Å². The Hall–Kier alpha value is -1.55. The fourth-order valence-corrected chi connectivity index (χ4v) is 2.43. The van der Waals surface area contributed by atoms with Gasteiger partial charge in [0.1, 0.15) is 5.54 Å². The van der Waals surface area contributed by atoms with Crippen LogP contribution in [0, 0.1) is 5.92 Å². The molecule has 5 heteroatoms. The maximum Gasteiger partial charge on any atom is 0.322 e. The van der Waals surface area contributed by atoms with Crippen LogP contribution in [-0.2, 0) is 10.3 Å². The van der Waals surface area contributed by atoms with Crippen molar-refractivity contribution >= 4 is 23.5 Å². The second-order valence-corrected chi connectivity index (χ2v) is 5.35. The topological polar surface area (TPSA) is 58.2 Å². The Morgan fingerprint density at radius 2 is 1.83 bits per heavy atom. The zero-order valence-electron chi connectivity index (χ0n) is 10.3. The highest BCUT2D eigenvalue weighted by Crippen LogP contribution is 2.32. The molecule has 1 aliphatic heterocycles. The van der Waals surface area contributed by atoms with Crippen LogP contribution in [0.2, 0.25) is 5.02 Å². The summed E-state index contributed by atoms with van der Waals surface area (Å²) in [6.07, 6.45) is 0.548. The van der Waals surface area contributed by atoms with Crippen molar-refractivity contribution in [2.75, 3.05) is 0 Å². The average Bonchev–Trinajstić information content (AvgIpc) is 2.54. The highest BCUT2D eigenvalue weighted by atomic mass is 35.5. The number of halogens is 1. The average molecular weight is 267 g/mol. The number of imide groups is 1. The molecule has 4 nitrogen and oxygen atoms in total. The molecule has 1 aliphatic rings. The largest absolute Gasteiger partial charge is 0.322 e. The number of urea groups is 1. The van der Waals surface area contributed by atoms with Crippen molar-refractivity contribution in [3.8, 4) is 0 Å². The van der Waals surface area contributed by atoms with Gasteiger partial charge >= 0.3 is 6.03 Å². The molecule has 2 rings (SSSR count). The summed E-state index contributed by atoms with van der Waals surface area (Å²) in [6, 6.07) is 6.54. The summed E-state index contributed by atoms with van der Waals surface area (Å²) >= 11 is 5.85. The molecule has 0 spiro atoms. The first-order chi connectivity index (χ1) is 8.44. The minimum Gasteiger partial charge on any atom is -0.319 e. The quantitative estimate of drug-likeness (QED) is 0.826. The van der Waals surface area contributed by atoms with Crippen molar-refractivity contribution in [3.05, 3.63) is 34.9 Å². The molecular weight excluding hydrogens is 252 g/mol. The van der Waals surface area contributed by atoms with Gasteiger partial charge in [0.25, 0.3) is 5.91 Å². The molecule has 0 radical (unpaired) electrons. The first-order valence-corrected chi connectivity index (χ1v) is 6.21. The summed E-state index contributed by atoms with van der Waals surface area (Å²) in [5.74, 6) is -0.0339. The normalized spacial score (nSPS) is 23.1. The van der Waals surface area contributed by atoms with E-state index in [1.165, 1.54) is 0 Å². The molecular formula is C13H15ClN2O2. The van der Waals surface area contributed by atoms with Gasteiger partial charge in [-0.2, -0.15) is 0 Å². The molecule has 3 amide bonds. The van der Waals surface area contributed by atoms with Gasteiger partial charge in [-0.15, -0.1) is 0 Å². The van der Waals surface area contributed by atoms with Gasteiger partial charge in [0.15, 0.2) is 0 Å². The minimum absolute atomic E-state index is 0.268. The zero-order chi connectivity index (χ0) is 13.3. The van der Waals surface area contributed by atoms with Crippen LogP contribution in [0.25, 0.3) is 0 Å². The monoisotopic (exact) mass is 266 g/mol. The summed E-state index contributed by atoms with van der Waals surface area (Å²) in [7, 11) is 0. The lowest BCUT2D eigenvalue weighted by Crippen LogP contribution is -2.44. The van der Waals surface area contributed by atoms with E-state index in [4.69, 9.17) is 11.6 Å². The van der Waals surface area contributed by atoms with Gasteiger partial charge in [0, 0.05) is 5.02 Å². The van der Waals surface area contributed by atoms with Gasteiger partial charge in [-0.3, -0.25) is 10.1 Å². The van der Waals surface area contributed by atoms with E-state index < -0.39 is 11.6 Å². The maximum atomic E-state index is 12.1. The van der Waals surface area contributed by atoms with Crippen LogP contribution in [0.5, 0.6) is 0 Å². The molecule has 1 unspecified atom stereocenters. The Labute approximate surface area is 111 Å². The number of amides is 3. The summed E-state index contributed by atoms with van der Waals surface area (Å²) in [6.45, 7) is 4.02. The van der Waals surface area contributed by atoms with E-state index >= 15 is 0 Å². The highest BCUT2D eigenvalue weighted by molar-refractivity contribution is 6.30. The molecule has 1 saturated heterocycles. The third-order valence-electron chi connectivity index (χ3n) is 2.99. The van der Waals surface area contributed by atoms with Gasteiger partial charge in [0.2, 0.25) is 0 Å². The van der Waals surface area contributed by atoms with E-state index in [2.05, 4.69) is 10.6 Å². The van der Waals surface area contributed by atoms with Gasteiger partial charge in [-0.25, -0.2) is 4.79 Å². The van der Waals surface area contributed by atoms with E-state index in [0.29, 0.717) is 11.4 Å². The molecule has 96 valence electrons. The SMILES string of the molecule is CC(C)CC1(c2ccc(Cl)cc2)NC(=O)NC1=O. The molecule has 1 heterocycles. The number of hydrogen-bond donors (Lipinski definition) is 2. The van der Waals surface area contributed by atoms with Crippen LogP contribution >= 0.6 is 11.6 Å². The van der Waals surface area contributed by atoms with E-state index in [0.717, 1.165) is 5.56 Å². The van der Waals surface area contributed by atoms with Crippen molar-refractivity contribution < 1.29 is 9.59 Å². The molecule has 1 atom stereocenters. The number of rotatable bonds is 3. The van der Waals surface area contributed by atoms with Crippen molar-refractivity contribution in [1.29, 1.82) is 0 Å². The second kappa shape index (κ2) is 4.61. The Kier molecular flexibility index (Phi) is 3.30. The molecule has 18 heavy (non-hydrogen) atoms. The Morgan fingerprint density at radius 3 is 2.28 bits per heavy atom. The van der Waals surface area contributed by atoms with Crippen molar-refractivity contribution in [1.82, 2.24) is 10.6 Å². The molecule has 0 aliphatic carbocycles. The molecule has 1 fully saturated rings. The van der Waals surface area contributed by atoms with Crippen LogP contribution in [0.3, 0.4) is 0 Å². The summed E-state index contributed by atoms with van der Waals surface area (Å²) in [5, 5.41) is 5.65. The molecule has 0 bridgehead atoms. The smallest absolute Gasteiger partial charge is 0.319 e. The van der Waals surface area contributed by atoms with Gasteiger partial charge in [0.05, 0.1) is 0 Å². The second-order valence-electron chi connectivity index (χ2n) is 4.92. The number of hydrogen-bond acceptors (Lipinski definition) is 2. The minimum atomic E-state index is -0.976. The number of carbonyl (C=O) groups excluding carboxylic acids is 2. The first kappa shape index (κ1) is 12.9. The zero-order valence-corrected chi connectivity index (χ0v) is 11.0. The lowest BCUT2D eigenvalue weighted by atomic mass is 9.82. The Morgan fingerprint density at radius 1 is 1.22 bits per heavy atom. The summed E-state index contributed by atoms with van der Waals surface area (Å²) in [4.78, 5) is 23.5. The lowest BCUT2D eigenvalue weighted by molar-refractivity contribution is -0.124. The highest BCUT2D eigenvalue weighted by Gasteiger charge is 2.47. The van der Waals surface area contributed by atoms with Gasteiger partial charge < -0.3 is 5.32 Å². The summed E-state index contributed by atoms with van der Waals surface area (Å²) in [5.41, 5.74) is -0.223. The van der Waals surface area contributed by atoms with Crippen LogP contribution in [0.4, 0.5) is 4.79 Å². The molecule has 1 aromatic carbocycles. The lowest BCUT2D eigenvalue weighted by Gasteiger charge is -2.28. The fraction of sp³-hybridized carbons (Fsp3) is 0.385. The fourth-order valence-electron chi connectivity index (χ4n) is 2.30. The third-order valence-corrected chi connectivity index (χ3v) is 3.25. The van der Waals surface area contributed by atoms with Crippen LogP contribution in [-0.4, -0.2) is 11.9 Å². The third kappa shape index (κ3) is 2.20. The summed E-state index contributed by atoms with van der Waals surface area (Å²) < 4.78 is 0. The van der Waals surface area contributed by atoms with E-state index in [9.17, 15) is 9.59 Å². The van der Waals surface area contributed by atoms with E-state index in [1.54, 1.807) is 24.3 Å². The van der Waals surface area contributed by atoms with Gasteiger partial charge in [-0.05, 0) is 30.0 Å². The van der Waals surface area contributed by atoms with E-state index in [-0.39, 0.29) is 11.8 Å². The van der Waals surface area contributed by atoms with Gasteiger partial charge in [-0.1, -0.05) is 37.6 Å². The predicted octanol–water partition coefficient (Wildman–Crippen LogP) is 2.42. The Bertz CT molecular complexity index is 484. The van der Waals surface area contributed by atoms with Crippen molar-refractivity contribution in [2.45, 2.75) is 25.8 Å². The number of carbonyl (C=O) groups is 2. The molecule has 0 saturated carbocycles. The molecule has 1 aromatic rings. The molecule has 2 N–H and O–H groups in total. The van der Waals surface area contributed by atoms with Crippen LogP contribution < -0.4 is 10.6 Å². The first-order valence-electron chi connectivity index (χ1n) is 5.84. The Balaban J connectivity index is 2.45.